The monoisotopic (exact) mass is 196 g/mol. The Balaban J connectivity index is 0. The molecule has 0 aliphatic heterocycles. The Bertz CT molecular complexity index is 247. The maximum absolute atomic E-state index is 11.1. The van der Waals surface area contributed by atoms with Crippen LogP contribution in [0.3, 0.4) is 0 Å². The summed E-state index contributed by atoms with van der Waals surface area (Å²) in [5.41, 5.74) is 1.97. The van der Waals surface area contributed by atoms with E-state index in [4.69, 9.17) is 0 Å². The Morgan fingerprint density at radius 2 is 1.64 bits per heavy atom. The predicted molar refractivity (Wildman–Crippen MR) is 61.1 cm³/mol. The van der Waals surface area contributed by atoms with E-state index in [9.17, 15) is 4.79 Å². The third-order valence-electron chi connectivity index (χ3n) is 1.26. The zero-order valence-electron chi connectivity index (χ0n) is 9.81. The predicted octanol–water partition coefficient (Wildman–Crippen LogP) is 3.26. The summed E-state index contributed by atoms with van der Waals surface area (Å²) in [4.78, 5) is 11.1. The fraction of sp³-hybridized carbons (Fsp3) is 0.417. The number of hydrogen-bond acceptors (Lipinski definition) is 2. The molecule has 0 heterocycles. The quantitative estimate of drug-likeness (QED) is 0.393. The van der Waals surface area contributed by atoms with Gasteiger partial charge in [-0.1, -0.05) is 32.6 Å². The van der Waals surface area contributed by atoms with Gasteiger partial charge in [-0.3, -0.25) is 0 Å². The summed E-state index contributed by atoms with van der Waals surface area (Å²) < 4.78 is 4.57. The van der Waals surface area contributed by atoms with Crippen molar-refractivity contribution in [2.24, 2.45) is 0 Å². The molecule has 0 rings (SSSR count). The second-order valence-electron chi connectivity index (χ2n) is 2.68. The second-order valence-corrected chi connectivity index (χ2v) is 2.68. The van der Waals surface area contributed by atoms with Crippen LogP contribution >= 0.6 is 0 Å². The van der Waals surface area contributed by atoms with Crippen molar-refractivity contribution in [2.45, 2.75) is 27.7 Å². The highest BCUT2D eigenvalue weighted by Crippen LogP contribution is 2.10. The van der Waals surface area contributed by atoms with E-state index in [0.29, 0.717) is 11.1 Å². The van der Waals surface area contributed by atoms with Crippen molar-refractivity contribution < 1.29 is 9.53 Å². The minimum atomic E-state index is -0.370. The molecule has 0 bridgehead atoms. The van der Waals surface area contributed by atoms with Crippen molar-refractivity contribution in [1.82, 2.24) is 0 Å². The molecule has 80 valence electrons. The Kier molecular flexibility index (Phi) is 8.99. The van der Waals surface area contributed by atoms with Crippen molar-refractivity contribution >= 4 is 5.97 Å². The van der Waals surface area contributed by atoms with Crippen LogP contribution in [0, 0.1) is 0 Å². The number of carbonyl (C=O) groups excluding carboxylic acids is 1. The van der Waals surface area contributed by atoms with Crippen molar-refractivity contribution in [3.63, 3.8) is 0 Å². The van der Waals surface area contributed by atoms with E-state index >= 15 is 0 Å². The average Bonchev–Trinajstić information content (AvgIpc) is 2.15. The molecule has 0 radical (unpaired) electrons. The first-order chi connectivity index (χ1) is 6.49. The molecule has 0 aromatic heterocycles. The van der Waals surface area contributed by atoms with Crippen LogP contribution in [-0.2, 0) is 9.53 Å². The lowest BCUT2D eigenvalue weighted by Gasteiger charge is -2.03. The SMILES string of the molecule is C=C(C)/C=C(\C(=C)C)C(=O)OC.CC. The second kappa shape index (κ2) is 8.30. The molecular weight excluding hydrogens is 176 g/mol. The number of hydrogen-bond donors (Lipinski definition) is 0. The van der Waals surface area contributed by atoms with E-state index in [1.165, 1.54) is 7.11 Å². The topological polar surface area (TPSA) is 26.3 Å². The molecule has 0 amide bonds. The number of methoxy groups -OCH3 is 1. The number of ether oxygens (including phenoxy) is 1. The van der Waals surface area contributed by atoms with Gasteiger partial charge in [-0.15, -0.1) is 0 Å². The molecule has 0 aromatic rings. The minimum absolute atomic E-state index is 0.370. The third kappa shape index (κ3) is 6.23. The molecule has 0 saturated heterocycles. The summed E-state index contributed by atoms with van der Waals surface area (Å²) in [6.45, 7) is 14.9. The highest BCUT2D eigenvalue weighted by molar-refractivity contribution is 5.93. The zero-order chi connectivity index (χ0) is 11.7. The van der Waals surface area contributed by atoms with Gasteiger partial charge in [-0.25, -0.2) is 4.79 Å². The Labute approximate surface area is 87.0 Å². The number of rotatable bonds is 3. The van der Waals surface area contributed by atoms with Crippen LogP contribution in [0.2, 0.25) is 0 Å². The molecular formula is C12H20O2. The van der Waals surface area contributed by atoms with Crippen LogP contribution in [0.25, 0.3) is 0 Å². The first-order valence-corrected chi connectivity index (χ1v) is 4.60. The van der Waals surface area contributed by atoms with Gasteiger partial charge < -0.3 is 4.74 Å². The molecule has 0 fully saturated rings. The summed E-state index contributed by atoms with van der Waals surface area (Å²) in [5.74, 6) is -0.370. The summed E-state index contributed by atoms with van der Waals surface area (Å²) in [5, 5.41) is 0. The van der Waals surface area contributed by atoms with Gasteiger partial charge in [0, 0.05) is 0 Å². The van der Waals surface area contributed by atoms with Crippen LogP contribution in [0.5, 0.6) is 0 Å². The molecule has 14 heavy (non-hydrogen) atoms. The molecule has 0 spiro atoms. The summed E-state index contributed by atoms with van der Waals surface area (Å²) in [7, 11) is 1.34. The smallest absolute Gasteiger partial charge is 0.338 e. The lowest BCUT2D eigenvalue weighted by atomic mass is 10.1. The fourth-order valence-electron chi connectivity index (χ4n) is 0.713. The van der Waals surface area contributed by atoms with Crippen molar-refractivity contribution in [2.75, 3.05) is 7.11 Å². The fourth-order valence-corrected chi connectivity index (χ4v) is 0.713. The van der Waals surface area contributed by atoms with Crippen LogP contribution < -0.4 is 0 Å². The molecule has 0 aromatic carbocycles. The molecule has 0 unspecified atom stereocenters. The highest BCUT2D eigenvalue weighted by Gasteiger charge is 2.08. The molecule has 0 aliphatic rings. The van der Waals surface area contributed by atoms with Gasteiger partial charge in [0.15, 0.2) is 0 Å². The first-order valence-electron chi connectivity index (χ1n) is 4.60. The standard InChI is InChI=1S/C10H14O2.C2H6/c1-7(2)6-9(8(3)4)10(11)12-5;1-2/h6H,1,3H2,2,4-5H3;1-2H3/b9-6+;. The molecule has 0 N–H and O–H groups in total. The molecule has 0 atom stereocenters. The largest absolute Gasteiger partial charge is 0.465 e. The van der Waals surface area contributed by atoms with Crippen molar-refractivity contribution in [3.05, 3.63) is 36.0 Å². The van der Waals surface area contributed by atoms with E-state index in [1.54, 1.807) is 13.0 Å². The van der Waals surface area contributed by atoms with Crippen molar-refractivity contribution in [1.29, 1.82) is 0 Å². The Morgan fingerprint density at radius 3 is 1.86 bits per heavy atom. The van der Waals surface area contributed by atoms with E-state index < -0.39 is 0 Å². The van der Waals surface area contributed by atoms with E-state index in [2.05, 4.69) is 17.9 Å². The van der Waals surface area contributed by atoms with Crippen LogP contribution in [0.15, 0.2) is 36.0 Å². The van der Waals surface area contributed by atoms with Gasteiger partial charge in [0.05, 0.1) is 12.7 Å². The Morgan fingerprint density at radius 1 is 1.21 bits per heavy atom. The third-order valence-corrected chi connectivity index (χ3v) is 1.26. The van der Waals surface area contributed by atoms with Crippen LogP contribution in [0.1, 0.15) is 27.7 Å². The molecule has 0 saturated carbocycles. The van der Waals surface area contributed by atoms with E-state index in [-0.39, 0.29) is 5.97 Å². The van der Waals surface area contributed by atoms with Crippen LogP contribution in [-0.4, -0.2) is 13.1 Å². The zero-order valence-corrected chi connectivity index (χ0v) is 9.81. The van der Waals surface area contributed by atoms with Gasteiger partial charge in [-0.2, -0.15) is 0 Å². The van der Waals surface area contributed by atoms with Crippen molar-refractivity contribution in [3.8, 4) is 0 Å². The van der Waals surface area contributed by atoms with Gasteiger partial charge in [0.1, 0.15) is 0 Å². The van der Waals surface area contributed by atoms with E-state index in [0.717, 1.165) is 5.57 Å². The van der Waals surface area contributed by atoms with Gasteiger partial charge in [-0.05, 0) is 25.5 Å². The lowest BCUT2D eigenvalue weighted by molar-refractivity contribution is -0.135. The first kappa shape index (κ1) is 15.2. The van der Waals surface area contributed by atoms with Gasteiger partial charge >= 0.3 is 5.97 Å². The maximum atomic E-state index is 11.1. The van der Waals surface area contributed by atoms with Gasteiger partial charge in [0.25, 0.3) is 0 Å². The number of allylic oxidation sites excluding steroid dienone is 2. The lowest BCUT2D eigenvalue weighted by Crippen LogP contribution is -2.05. The maximum Gasteiger partial charge on any atom is 0.338 e. The molecule has 2 heteroatoms. The minimum Gasteiger partial charge on any atom is -0.465 e. The van der Waals surface area contributed by atoms with Gasteiger partial charge in [0.2, 0.25) is 0 Å². The molecule has 0 aliphatic carbocycles. The van der Waals surface area contributed by atoms with E-state index in [1.807, 2.05) is 20.8 Å². The normalized spacial score (nSPS) is 9.64. The average molecular weight is 196 g/mol. The number of esters is 1. The Hall–Kier alpha value is -1.31. The summed E-state index contributed by atoms with van der Waals surface area (Å²) in [6.07, 6.45) is 1.66. The molecule has 2 nitrogen and oxygen atoms in total. The number of carbonyl (C=O) groups is 1. The van der Waals surface area contributed by atoms with Crippen LogP contribution in [0.4, 0.5) is 0 Å². The highest BCUT2D eigenvalue weighted by atomic mass is 16.5. The summed E-state index contributed by atoms with van der Waals surface area (Å²) >= 11 is 0. The summed E-state index contributed by atoms with van der Waals surface area (Å²) in [6, 6.07) is 0.